The fraction of sp³-hybridized carbons (Fsp3) is 0.0769. The highest BCUT2D eigenvalue weighted by molar-refractivity contribution is 6.34. The minimum Gasteiger partial charge on any atom is -0.455 e. The Morgan fingerprint density at radius 2 is 1.57 bits per heavy atom. The summed E-state index contributed by atoms with van der Waals surface area (Å²) < 4.78 is 20.0. The van der Waals surface area contributed by atoms with Crippen LogP contribution in [-0.4, -0.2) is 26.0 Å². The lowest BCUT2D eigenvalue weighted by molar-refractivity contribution is 0.0963. The summed E-state index contributed by atoms with van der Waals surface area (Å²) in [5, 5.41) is 6.61. The molecule has 0 aliphatic rings. The van der Waals surface area contributed by atoms with Crippen molar-refractivity contribution in [1.29, 1.82) is 0 Å². The van der Waals surface area contributed by atoms with Gasteiger partial charge < -0.3 is 15.0 Å². The zero-order valence-corrected chi connectivity index (χ0v) is 20.2. The molecule has 0 bridgehead atoms. The molecule has 0 atom stereocenters. The van der Waals surface area contributed by atoms with Gasteiger partial charge in [-0.25, -0.2) is 9.18 Å². The van der Waals surface area contributed by atoms with E-state index in [2.05, 4.69) is 5.32 Å². The molecule has 0 saturated carbocycles. The van der Waals surface area contributed by atoms with E-state index in [1.165, 1.54) is 18.2 Å². The molecule has 0 fully saturated rings. The van der Waals surface area contributed by atoms with Crippen LogP contribution in [0.15, 0.2) is 72.8 Å². The summed E-state index contributed by atoms with van der Waals surface area (Å²) in [6, 6.07) is 19.3. The number of hydrogen-bond donors (Lipinski definition) is 2. The van der Waals surface area contributed by atoms with Crippen molar-refractivity contribution < 1.29 is 18.7 Å². The van der Waals surface area contributed by atoms with E-state index in [1.807, 2.05) is 60.7 Å². The minimum absolute atomic E-state index is 0.106. The van der Waals surface area contributed by atoms with Crippen LogP contribution in [0.2, 0.25) is 10.0 Å². The first kappa shape index (κ1) is 24.3. The fourth-order valence-electron chi connectivity index (χ4n) is 3.56. The maximum Gasteiger partial charge on any atom is 0.326 e. The Kier molecular flexibility index (Phi) is 7.10. The Bertz CT molecular complexity index is 1420. The summed E-state index contributed by atoms with van der Waals surface area (Å²) in [5.74, 6) is -0.795. The van der Waals surface area contributed by atoms with Gasteiger partial charge in [0.2, 0.25) is 0 Å². The number of hydrogen-bond acceptors (Lipinski definition) is 4. The van der Waals surface area contributed by atoms with Gasteiger partial charge in [-0.2, -0.15) is 0 Å². The number of rotatable bonds is 5. The molecule has 2 N–H and O–H groups in total. The van der Waals surface area contributed by atoms with Crippen molar-refractivity contribution in [2.45, 2.75) is 0 Å². The van der Waals surface area contributed by atoms with E-state index in [1.54, 1.807) is 12.1 Å². The summed E-state index contributed by atoms with van der Waals surface area (Å²) in [6.07, 6.45) is 0. The summed E-state index contributed by atoms with van der Waals surface area (Å²) in [5.41, 5.74) is 0.939. The second-order valence-corrected chi connectivity index (χ2v) is 8.59. The first-order valence-electron chi connectivity index (χ1n) is 10.5. The molecule has 0 aromatic heterocycles. The van der Waals surface area contributed by atoms with Gasteiger partial charge >= 0.3 is 6.03 Å². The Morgan fingerprint density at radius 1 is 0.857 bits per heavy atom. The van der Waals surface area contributed by atoms with E-state index in [4.69, 9.17) is 27.9 Å². The van der Waals surface area contributed by atoms with Crippen molar-refractivity contribution >= 4 is 57.3 Å². The molecule has 4 aromatic carbocycles. The molecule has 0 aliphatic heterocycles. The van der Waals surface area contributed by atoms with Crippen molar-refractivity contribution in [3.05, 3.63) is 94.2 Å². The number of ether oxygens (including phenoxy) is 1. The van der Waals surface area contributed by atoms with Crippen LogP contribution in [0.1, 0.15) is 10.4 Å². The molecule has 4 rings (SSSR count). The standard InChI is InChI=1S/C26H20Cl2FN3O3/c1-32(2)21-11-13-22(17-7-4-3-6-16(17)21)35-23-12-10-15(14-19(23)28)30-26(34)31-25(33)24-18(27)8-5-9-20(24)29/h3-14H,1-2H3,(H2,30,31,33,34). The van der Waals surface area contributed by atoms with Crippen molar-refractivity contribution in [1.82, 2.24) is 5.32 Å². The first-order valence-corrected chi connectivity index (χ1v) is 11.2. The predicted octanol–water partition coefficient (Wildman–Crippen LogP) is 7.11. The Labute approximate surface area is 211 Å². The molecule has 9 heteroatoms. The highest BCUT2D eigenvalue weighted by Crippen LogP contribution is 2.38. The number of benzene rings is 4. The molecular weight excluding hydrogens is 492 g/mol. The second kappa shape index (κ2) is 10.2. The van der Waals surface area contributed by atoms with E-state index in [0.717, 1.165) is 22.5 Å². The summed E-state index contributed by atoms with van der Waals surface area (Å²) in [6.45, 7) is 0. The lowest BCUT2D eigenvalue weighted by Crippen LogP contribution is -2.35. The molecule has 3 amide bonds. The van der Waals surface area contributed by atoms with Crippen molar-refractivity contribution in [2.75, 3.05) is 24.3 Å². The topological polar surface area (TPSA) is 70.7 Å². The van der Waals surface area contributed by atoms with Crippen LogP contribution in [0.5, 0.6) is 11.5 Å². The zero-order chi connectivity index (χ0) is 25.1. The molecule has 4 aromatic rings. The second-order valence-electron chi connectivity index (χ2n) is 7.78. The molecule has 6 nitrogen and oxygen atoms in total. The monoisotopic (exact) mass is 511 g/mol. The molecule has 0 saturated heterocycles. The Morgan fingerprint density at radius 3 is 2.26 bits per heavy atom. The number of urea groups is 1. The molecule has 0 radical (unpaired) electrons. The Balaban J connectivity index is 1.49. The number of nitrogens with one attached hydrogen (secondary N) is 2. The van der Waals surface area contributed by atoms with Gasteiger partial charge in [-0.05, 0) is 42.5 Å². The molecule has 0 heterocycles. The van der Waals surface area contributed by atoms with Gasteiger partial charge in [0.05, 0.1) is 15.6 Å². The molecule has 0 spiro atoms. The zero-order valence-electron chi connectivity index (χ0n) is 18.7. The van der Waals surface area contributed by atoms with Gasteiger partial charge in [-0.1, -0.05) is 53.5 Å². The van der Waals surface area contributed by atoms with Crippen LogP contribution in [0.25, 0.3) is 10.8 Å². The maximum atomic E-state index is 13.9. The molecule has 0 unspecified atom stereocenters. The number of anilines is 2. The quantitative estimate of drug-likeness (QED) is 0.299. The maximum absolute atomic E-state index is 13.9. The van der Waals surface area contributed by atoms with Crippen molar-refractivity contribution in [3.8, 4) is 11.5 Å². The average molecular weight is 512 g/mol. The molecular formula is C26H20Cl2FN3O3. The van der Waals surface area contributed by atoms with Crippen molar-refractivity contribution in [3.63, 3.8) is 0 Å². The smallest absolute Gasteiger partial charge is 0.326 e. The minimum atomic E-state index is -0.968. The summed E-state index contributed by atoms with van der Waals surface area (Å²) >= 11 is 12.3. The number of halogens is 3. The van der Waals surface area contributed by atoms with Crippen LogP contribution in [0.3, 0.4) is 0 Å². The Hall–Kier alpha value is -3.81. The normalized spacial score (nSPS) is 10.7. The van der Waals surface area contributed by atoms with Crippen LogP contribution in [-0.2, 0) is 0 Å². The summed E-state index contributed by atoms with van der Waals surface area (Å²) in [4.78, 5) is 26.5. The van der Waals surface area contributed by atoms with E-state index in [9.17, 15) is 14.0 Å². The van der Waals surface area contributed by atoms with Gasteiger partial charge in [0.1, 0.15) is 17.3 Å². The predicted molar refractivity (Wildman–Crippen MR) is 138 cm³/mol. The highest BCUT2D eigenvalue weighted by Gasteiger charge is 2.18. The molecule has 0 aliphatic carbocycles. The lowest BCUT2D eigenvalue weighted by Gasteiger charge is -2.18. The average Bonchev–Trinajstić information content (AvgIpc) is 2.80. The van der Waals surface area contributed by atoms with E-state index in [-0.39, 0.29) is 10.0 Å². The first-order chi connectivity index (χ1) is 16.7. The van der Waals surface area contributed by atoms with Crippen LogP contribution < -0.4 is 20.3 Å². The van der Waals surface area contributed by atoms with E-state index in [0.29, 0.717) is 17.2 Å². The third-order valence-corrected chi connectivity index (χ3v) is 5.78. The van der Waals surface area contributed by atoms with Gasteiger partial charge in [0.25, 0.3) is 5.91 Å². The largest absolute Gasteiger partial charge is 0.455 e. The number of carbonyl (C=O) groups is 2. The van der Waals surface area contributed by atoms with Crippen LogP contribution >= 0.6 is 23.2 Å². The van der Waals surface area contributed by atoms with E-state index >= 15 is 0 Å². The van der Waals surface area contributed by atoms with E-state index < -0.39 is 23.3 Å². The molecule has 178 valence electrons. The number of amides is 3. The van der Waals surface area contributed by atoms with Crippen LogP contribution in [0.4, 0.5) is 20.6 Å². The number of fused-ring (bicyclic) bond motifs is 1. The fourth-order valence-corrected chi connectivity index (χ4v) is 4.02. The lowest BCUT2D eigenvalue weighted by atomic mass is 10.1. The summed E-state index contributed by atoms with van der Waals surface area (Å²) in [7, 11) is 3.94. The SMILES string of the molecule is CN(C)c1ccc(Oc2ccc(NC(=O)NC(=O)c3c(F)cccc3Cl)cc2Cl)c2ccccc12. The van der Waals surface area contributed by atoms with Gasteiger partial charge in [0.15, 0.2) is 0 Å². The molecule has 35 heavy (non-hydrogen) atoms. The van der Waals surface area contributed by atoms with Gasteiger partial charge in [-0.15, -0.1) is 0 Å². The third kappa shape index (κ3) is 5.31. The number of imide groups is 1. The third-order valence-electron chi connectivity index (χ3n) is 5.17. The van der Waals surface area contributed by atoms with Gasteiger partial charge in [-0.3, -0.25) is 10.1 Å². The number of nitrogens with zero attached hydrogens (tertiary/aromatic N) is 1. The highest BCUT2D eigenvalue weighted by atomic mass is 35.5. The van der Waals surface area contributed by atoms with Crippen molar-refractivity contribution in [2.24, 2.45) is 0 Å². The number of carbonyl (C=O) groups excluding carboxylic acids is 2. The van der Waals surface area contributed by atoms with Crippen LogP contribution in [0, 0.1) is 5.82 Å². The van der Waals surface area contributed by atoms with Gasteiger partial charge in [0, 0.05) is 36.2 Å².